The minimum absolute atomic E-state index is 0. The molecule has 2 N–H and O–H groups in total. The summed E-state index contributed by atoms with van der Waals surface area (Å²) in [5, 5.41) is 3.98. The lowest BCUT2D eigenvalue weighted by Crippen LogP contribution is -2.26. The van der Waals surface area contributed by atoms with Gasteiger partial charge in [0.2, 0.25) is 11.7 Å². The molecule has 3 rings (SSSR count). The average molecular weight is 310 g/mol. The molecule has 1 fully saturated rings. The lowest BCUT2D eigenvalue weighted by atomic mass is 9.86. The van der Waals surface area contributed by atoms with Gasteiger partial charge in [0.1, 0.15) is 5.75 Å². The van der Waals surface area contributed by atoms with Crippen LogP contribution in [0.5, 0.6) is 5.75 Å². The normalized spacial score (nSPS) is 21.6. The topological polar surface area (TPSA) is 74.2 Å². The number of para-hydroxylation sites is 1. The fourth-order valence-corrected chi connectivity index (χ4v) is 2.61. The third-order valence-electron chi connectivity index (χ3n) is 3.66. The van der Waals surface area contributed by atoms with Crippen LogP contribution < -0.4 is 10.5 Å². The molecule has 1 saturated carbocycles. The zero-order valence-electron chi connectivity index (χ0n) is 11.8. The van der Waals surface area contributed by atoms with Gasteiger partial charge in [-0.25, -0.2) is 0 Å². The molecule has 2 aromatic rings. The first kappa shape index (κ1) is 15.8. The van der Waals surface area contributed by atoms with Crippen molar-refractivity contribution in [2.75, 3.05) is 0 Å². The van der Waals surface area contributed by atoms with Gasteiger partial charge in [-0.1, -0.05) is 29.8 Å². The van der Waals surface area contributed by atoms with Crippen LogP contribution in [0.2, 0.25) is 0 Å². The highest BCUT2D eigenvalue weighted by atomic mass is 35.5. The van der Waals surface area contributed by atoms with Crippen molar-refractivity contribution in [3.63, 3.8) is 0 Å². The van der Waals surface area contributed by atoms with E-state index in [-0.39, 0.29) is 18.4 Å². The van der Waals surface area contributed by atoms with Gasteiger partial charge in [0.25, 0.3) is 0 Å². The number of ether oxygens (including phenoxy) is 1. The molecular formula is C15H20ClN3O2. The molecule has 6 heteroatoms. The first-order chi connectivity index (χ1) is 9.81. The van der Waals surface area contributed by atoms with Crippen LogP contribution in [0.4, 0.5) is 0 Å². The Hall–Kier alpha value is -1.59. The number of benzene rings is 1. The van der Waals surface area contributed by atoms with Gasteiger partial charge in [-0.15, -0.1) is 12.4 Å². The molecule has 5 nitrogen and oxygen atoms in total. The second-order valence-corrected chi connectivity index (χ2v) is 5.27. The van der Waals surface area contributed by atoms with Crippen molar-refractivity contribution in [2.24, 2.45) is 5.73 Å². The van der Waals surface area contributed by atoms with Crippen LogP contribution in [-0.4, -0.2) is 16.2 Å². The molecule has 21 heavy (non-hydrogen) atoms. The Balaban J connectivity index is 0.00000161. The SMILES string of the molecule is Cl.NC1CCCC(c2nc(COc3ccccc3)no2)C1. The van der Waals surface area contributed by atoms with Crippen molar-refractivity contribution in [2.45, 2.75) is 44.2 Å². The summed E-state index contributed by atoms with van der Waals surface area (Å²) in [5.41, 5.74) is 5.99. The molecule has 1 aromatic heterocycles. The van der Waals surface area contributed by atoms with E-state index in [4.69, 9.17) is 15.0 Å². The summed E-state index contributed by atoms with van der Waals surface area (Å²) in [4.78, 5) is 4.43. The molecule has 0 radical (unpaired) electrons. The fourth-order valence-electron chi connectivity index (χ4n) is 2.61. The molecule has 2 atom stereocenters. The van der Waals surface area contributed by atoms with Gasteiger partial charge in [0.15, 0.2) is 6.61 Å². The van der Waals surface area contributed by atoms with E-state index in [0.29, 0.717) is 24.2 Å². The van der Waals surface area contributed by atoms with E-state index in [1.54, 1.807) is 0 Å². The summed E-state index contributed by atoms with van der Waals surface area (Å²) >= 11 is 0. The smallest absolute Gasteiger partial charge is 0.229 e. The number of halogens is 1. The number of rotatable bonds is 4. The average Bonchev–Trinajstić information content (AvgIpc) is 2.95. The molecular weight excluding hydrogens is 290 g/mol. The third-order valence-corrected chi connectivity index (χ3v) is 3.66. The maximum Gasteiger partial charge on any atom is 0.229 e. The van der Waals surface area contributed by atoms with Gasteiger partial charge in [-0.2, -0.15) is 4.98 Å². The van der Waals surface area contributed by atoms with Crippen LogP contribution in [0, 0.1) is 0 Å². The first-order valence-electron chi connectivity index (χ1n) is 7.07. The van der Waals surface area contributed by atoms with Crippen LogP contribution in [0.15, 0.2) is 34.9 Å². The van der Waals surface area contributed by atoms with E-state index in [1.165, 1.54) is 0 Å². The van der Waals surface area contributed by atoms with Crippen LogP contribution in [-0.2, 0) is 6.61 Å². The summed E-state index contributed by atoms with van der Waals surface area (Å²) in [6.45, 7) is 0.326. The van der Waals surface area contributed by atoms with E-state index in [9.17, 15) is 0 Å². The third kappa shape index (κ3) is 4.19. The largest absolute Gasteiger partial charge is 0.485 e. The van der Waals surface area contributed by atoms with Crippen LogP contribution in [0.1, 0.15) is 43.3 Å². The number of hydrogen-bond donors (Lipinski definition) is 1. The molecule has 1 aliphatic carbocycles. The molecule has 2 unspecified atom stereocenters. The Morgan fingerprint density at radius 2 is 2.05 bits per heavy atom. The van der Waals surface area contributed by atoms with E-state index < -0.39 is 0 Å². The maximum absolute atomic E-state index is 5.99. The number of nitrogens with two attached hydrogens (primary N) is 1. The van der Waals surface area contributed by atoms with Crippen molar-refractivity contribution in [1.29, 1.82) is 0 Å². The number of nitrogens with zero attached hydrogens (tertiary/aromatic N) is 2. The highest BCUT2D eigenvalue weighted by Crippen LogP contribution is 2.31. The molecule has 0 amide bonds. The zero-order chi connectivity index (χ0) is 13.8. The van der Waals surface area contributed by atoms with Gasteiger partial charge >= 0.3 is 0 Å². The molecule has 0 spiro atoms. The molecule has 0 aliphatic heterocycles. The summed E-state index contributed by atoms with van der Waals surface area (Å²) in [6.07, 6.45) is 4.23. The second-order valence-electron chi connectivity index (χ2n) is 5.27. The summed E-state index contributed by atoms with van der Waals surface area (Å²) in [6, 6.07) is 9.87. The lowest BCUT2D eigenvalue weighted by Gasteiger charge is -2.23. The molecule has 0 saturated heterocycles. The second kappa shape index (κ2) is 7.43. The Morgan fingerprint density at radius 1 is 1.24 bits per heavy atom. The minimum atomic E-state index is 0. The summed E-state index contributed by atoms with van der Waals surface area (Å²) in [7, 11) is 0. The van der Waals surface area contributed by atoms with Crippen molar-refractivity contribution >= 4 is 12.4 Å². The van der Waals surface area contributed by atoms with E-state index in [0.717, 1.165) is 31.4 Å². The van der Waals surface area contributed by atoms with Crippen molar-refractivity contribution in [3.05, 3.63) is 42.0 Å². The van der Waals surface area contributed by atoms with Crippen LogP contribution >= 0.6 is 12.4 Å². The van der Waals surface area contributed by atoms with Crippen molar-refractivity contribution in [1.82, 2.24) is 10.1 Å². The van der Waals surface area contributed by atoms with Gasteiger partial charge in [-0.3, -0.25) is 0 Å². The fraction of sp³-hybridized carbons (Fsp3) is 0.467. The van der Waals surface area contributed by atoms with E-state index >= 15 is 0 Å². The number of aromatic nitrogens is 2. The standard InChI is InChI=1S/C15H19N3O2.ClH/c16-12-6-4-5-11(9-12)15-17-14(18-20-15)10-19-13-7-2-1-3-8-13;/h1-3,7-8,11-12H,4-6,9-10,16H2;1H. The molecule has 1 aliphatic rings. The van der Waals surface area contributed by atoms with Crippen LogP contribution in [0.25, 0.3) is 0 Å². The summed E-state index contributed by atoms with van der Waals surface area (Å²) in [5.74, 6) is 2.39. The van der Waals surface area contributed by atoms with Crippen molar-refractivity contribution < 1.29 is 9.26 Å². The Morgan fingerprint density at radius 3 is 2.81 bits per heavy atom. The first-order valence-corrected chi connectivity index (χ1v) is 7.07. The van der Waals surface area contributed by atoms with E-state index in [1.807, 2.05) is 30.3 Å². The Bertz CT molecular complexity index is 547. The molecule has 1 heterocycles. The Labute approximate surface area is 130 Å². The molecule has 1 aromatic carbocycles. The van der Waals surface area contributed by atoms with Gasteiger partial charge in [0.05, 0.1) is 0 Å². The molecule has 0 bridgehead atoms. The predicted molar refractivity (Wildman–Crippen MR) is 81.5 cm³/mol. The maximum atomic E-state index is 5.99. The van der Waals surface area contributed by atoms with Gasteiger partial charge in [0, 0.05) is 12.0 Å². The van der Waals surface area contributed by atoms with Gasteiger partial charge < -0.3 is 15.0 Å². The predicted octanol–water partition coefficient (Wildman–Crippen LogP) is 3.06. The lowest BCUT2D eigenvalue weighted by molar-refractivity contribution is 0.277. The number of hydrogen-bond acceptors (Lipinski definition) is 5. The Kier molecular flexibility index (Phi) is 5.59. The van der Waals surface area contributed by atoms with E-state index in [2.05, 4.69) is 10.1 Å². The van der Waals surface area contributed by atoms with Gasteiger partial charge in [-0.05, 0) is 31.4 Å². The highest BCUT2D eigenvalue weighted by molar-refractivity contribution is 5.85. The highest BCUT2D eigenvalue weighted by Gasteiger charge is 2.25. The summed E-state index contributed by atoms with van der Waals surface area (Å²) < 4.78 is 10.9. The zero-order valence-corrected chi connectivity index (χ0v) is 12.6. The molecule has 114 valence electrons. The minimum Gasteiger partial charge on any atom is -0.485 e. The van der Waals surface area contributed by atoms with Crippen molar-refractivity contribution in [3.8, 4) is 5.75 Å². The monoisotopic (exact) mass is 309 g/mol. The quantitative estimate of drug-likeness (QED) is 0.939. The van der Waals surface area contributed by atoms with Crippen LogP contribution in [0.3, 0.4) is 0 Å².